The summed E-state index contributed by atoms with van der Waals surface area (Å²) in [7, 11) is 1.70. The lowest BCUT2D eigenvalue weighted by Gasteiger charge is -2.11. The van der Waals surface area contributed by atoms with E-state index in [1.165, 1.54) is 12.1 Å². The fraction of sp³-hybridized carbons (Fsp3) is 0.0909. The van der Waals surface area contributed by atoms with Crippen LogP contribution in [0.3, 0.4) is 0 Å². The van der Waals surface area contributed by atoms with Crippen molar-refractivity contribution in [2.75, 3.05) is 5.32 Å². The van der Waals surface area contributed by atoms with Gasteiger partial charge in [0.15, 0.2) is 0 Å². The van der Waals surface area contributed by atoms with Crippen LogP contribution < -0.4 is 10.6 Å². The van der Waals surface area contributed by atoms with E-state index in [9.17, 15) is 22.8 Å². The summed E-state index contributed by atoms with van der Waals surface area (Å²) >= 11 is 5.96. The average Bonchev–Trinajstić information content (AvgIpc) is 3.36. The van der Waals surface area contributed by atoms with Crippen LogP contribution >= 0.6 is 11.6 Å². The van der Waals surface area contributed by atoms with E-state index in [1.807, 2.05) is 48.5 Å². The van der Waals surface area contributed by atoms with Gasteiger partial charge in [0, 0.05) is 30.4 Å². The predicted octanol–water partition coefficient (Wildman–Crippen LogP) is 8.21. The zero-order chi connectivity index (χ0) is 29.9. The fourth-order valence-corrected chi connectivity index (χ4v) is 4.68. The van der Waals surface area contributed by atoms with Crippen molar-refractivity contribution in [2.24, 2.45) is 7.05 Å². The molecule has 0 aliphatic rings. The lowest BCUT2D eigenvalue weighted by atomic mass is 9.98. The van der Waals surface area contributed by atoms with Crippen molar-refractivity contribution in [1.29, 1.82) is 0 Å². The second-order valence-corrected chi connectivity index (χ2v) is 10.1. The average molecular weight is 588 g/mol. The molecule has 4 aromatic carbocycles. The highest BCUT2D eigenvalue weighted by Crippen LogP contribution is 2.32. The van der Waals surface area contributed by atoms with Gasteiger partial charge in [0.05, 0.1) is 11.3 Å². The molecule has 0 aliphatic carbocycles. The molecule has 0 fully saturated rings. The van der Waals surface area contributed by atoms with Gasteiger partial charge >= 0.3 is 6.18 Å². The molecule has 2 amide bonds. The number of amides is 2. The number of aryl methyl sites for hydroxylation is 1. The molecular formula is C33H25ClF3N3O2. The molecule has 42 heavy (non-hydrogen) atoms. The Bertz CT molecular complexity index is 1730. The third kappa shape index (κ3) is 6.56. The maximum absolute atomic E-state index is 13.2. The summed E-state index contributed by atoms with van der Waals surface area (Å²) in [4.78, 5) is 26.1. The maximum Gasteiger partial charge on any atom is 0.416 e. The van der Waals surface area contributed by atoms with E-state index < -0.39 is 17.6 Å². The number of nitrogens with zero attached hydrogens (tertiary/aromatic N) is 1. The minimum atomic E-state index is -4.45. The van der Waals surface area contributed by atoms with E-state index in [4.69, 9.17) is 11.6 Å². The molecular weight excluding hydrogens is 563 g/mol. The largest absolute Gasteiger partial charge is 0.416 e. The summed E-state index contributed by atoms with van der Waals surface area (Å²) in [6.07, 6.45) is -2.83. The molecule has 5 nitrogen and oxygen atoms in total. The summed E-state index contributed by atoms with van der Waals surface area (Å²) in [5.41, 5.74) is 4.22. The predicted molar refractivity (Wildman–Crippen MR) is 158 cm³/mol. The number of hydrogen-bond donors (Lipinski definition) is 2. The first-order chi connectivity index (χ1) is 20.1. The van der Waals surface area contributed by atoms with Crippen molar-refractivity contribution in [1.82, 2.24) is 9.88 Å². The molecule has 0 aliphatic heterocycles. The third-order valence-electron chi connectivity index (χ3n) is 6.77. The van der Waals surface area contributed by atoms with Crippen LogP contribution in [-0.2, 0) is 19.8 Å². The highest BCUT2D eigenvalue weighted by molar-refractivity contribution is 6.30. The Morgan fingerprint density at radius 1 is 0.786 bits per heavy atom. The van der Waals surface area contributed by atoms with Gasteiger partial charge in [-0.25, -0.2) is 0 Å². The summed E-state index contributed by atoms with van der Waals surface area (Å²) in [6, 6.07) is 28.2. The Morgan fingerprint density at radius 3 is 2.02 bits per heavy atom. The number of alkyl halides is 3. The fourth-order valence-electron chi connectivity index (χ4n) is 4.56. The van der Waals surface area contributed by atoms with E-state index >= 15 is 0 Å². The molecule has 0 unspecified atom stereocenters. The lowest BCUT2D eigenvalue weighted by molar-refractivity contribution is -0.137. The number of nitrogens with one attached hydrogen (secondary N) is 2. The SMILES string of the molecule is Cn1cc(NC(=O)c2ccccc2-c2ccc(C(F)(F)F)cc2)cc1C(=O)NCc1ccc(-c2ccc(Cl)cc2)cc1. The molecule has 9 heteroatoms. The van der Waals surface area contributed by atoms with Crippen molar-refractivity contribution >= 4 is 29.1 Å². The second kappa shape index (κ2) is 12.0. The van der Waals surface area contributed by atoms with Crippen molar-refractivity contribution in [2.45, 2.75) is 12.7 Å². The molecule has 1 aromatic heterocycles. The molecule has 212 valence electrons. The first kappa shape index (κ1) is 28.7. The highest BCUT2D eigenvalue weighted by atomic mass is 35.5. The van der Waals surface area contributed by atoms with Gasteiger partial charge in [-0.2, -0.15) is 13.2 Å². The normalized spacial score (nSPS) is 11.3. The Morgan fingerprint density at radius 2 is 1.38 bits per heavy atom. The van der Waals surface area contributed by atoms with Gasteiger partial charge in [-0.1, -0.05) is 78.3 Å². The zero-order valence-corrected chi connectivity index (χ0v) is 23.1. The molecule has 0 saturated heterocycles. The Balaban J connectivity index is 1.24. The lowest BCUT2D eigenvalue weighted by Crippen LogP contribution is -2.24. The highest BCUT2D eigenvalue weighted by Gasteiger charge is 2.30. The minimum absolute atomic E-state index is 0.286. The van der Waals surface area contributed by atoms with Gasteiger partial charge < -0.3 is 15.2 Å². The van der Waals surface area contributed by atoms with Crippen LogP contribution in [0.5, 0.6) is 0 Å². The van der Waals surface area contributed by atoms with Gasteiger partial charge in [0.2, 0.25) is 0 Å². The number of hydrogen-bond acceptors (Lipinski definition) is 2. The molecule has 0 atom stereocenters. The molecule has 2 N–H and O–H groups in total. The zero-order valence-electron chi connectivity index (χ0n) is 22.4. The van der Waals surface area contributed by atoms with Crippen LogP contribution in [0.25, 0.3) is 22.3 Å². The van der Waals surface area contributed by atoms with Crippen LogP contribution in [0.1, 0.15) is 32.0 Å². The topological polar surface area (TPSA) is 63.1 Å². The van der Waals surface area contributed by atoms with Gasteiger partial charge in [-0.3, -0.25) is 9.59 Å². The number of benzene rings is 4. The smallest absolute Gasteiger partial charge is 0.347 e. The van der Waals surface area contributed by atoms with Crippen molar-refractivity contribution in [3.8, 4) is 22.3 Å². The summed E-state index contributed by atoms with van der Waals surface area (Å²) in [5, 5.41) is 6.36. The van der Waals surface area contributed by atoms with Gasteiger partial charge in [-0.05, 0) is 64.2 Å². The maximum atomic E-state index is 13.2. The molecule has 1 heterocycles. The Hall–Kier alpha value is -4.82. The molecule has 0 saturated carbocycles. The molecule has 0 spiro atoms. The number of carbonyl (C=O) groups is 2. The Kier molecular flexibility index (Phi) is 8.17. The standard InChI is InChI=1S/C33H25ClF3N3O2/c1-40-20-27(39-31(41)29-5-3-2-4-28(29)24-10-14-25(15-11-24)33(35,36)37)18-30(40)32(42)38-19-21-6-8-22(9-7-21)23-12-16-26(34)17-13-23/h2-18,20H,19H2,1H3,(H,38,42)(H,39,41). The third-order valence-corrected chi connectivity index (χ3v) is 7.03. The van der Waals surface area contributed by atoms with Crippen LogP contribution in [0, 0.1) is 0 Å². The molecule has 5 aromatic rings. The van der Waals surface area contributed by atoms with Gasteiger partial charge in [0.1, 0.15) is 5.69 Å². The number of carbonyl (C=O) groups excluding carboxylic acids is 2. The van der Waals surface area contributed by atoms with E-state index in [0.717, 1.165) is 28.8 Å². The Labute approximate surface area is 245 Å². The van der Waals surface area contributed by atoms with Crippen molar-refractivity contribution in [3.05, 3.63) is 137 Å². The number of rotatable bonds is 7. The van der Waals surface area contributed by atoms with E-state index in [0.29, 0.717) is 34.1 Å². The van der Waals surface area contributed by atoms with Gasteiger partial charge in [-0.15, -0.1) is 0 Å². The molecule has 5 rings (SSSR count). The van der Waals surface area contributed by atoms with E-state index in [1.54, 1.807) is 48.1 Å². The first-order valence-electron chi connectivity index (χ1n) is 13.0. The van der Waals surface area contributed by atoms with Gasteiger partial charge in [0.25, 0.3) is 11.8 Å². The van der Waals surface area contributed by atoms with Crippen molar-refractivity contribution < 1.29 is 22.8 Å². The molecule has 0 radical (unpaired) electrons. The van der Waals surface area contributed by atoms with Crippen LogP contribution in [0.4, 0.5) is 18.9 Å². The van der Waals surface area contributed by atoms with E-state index in [-0.39, 0.29) is 11.5 Å². The van der Waals surface area contributed by atoms with Crippen molar-refractivity contribution in [3.63, 3.8) is 0 Å². The number of halogens is 4. The molecule has 0 bridgehead atoms. The van der Waals surface area contributed by atoms with Crippen LogP contribution in [0.15, 0.2) is 109 Å². The number of aromatic nitrogens is 1. The monoisotopic (exact) mass is 587 g/mol. The first-order valence-corrected chi connectivity index (χ1v) is 13.3. The second-order valence-electron chi connectivity index (χ2n) is 9.69. The van der Waals surface area contributed by atoms with E-state index in [2.05, 4.69) is 10.6 Å². The summed E-state index contributed by atoms with van der Waals surface area (Å²) < 4.78 is 40.6. The number of anilines is 1. The van der Waals surface area contributed by atoms with Crippen LogP contribution in [-0.4, -0.2) is 16.4 Å². The van der Waals surface area contributed by atoms with Crippen LogP contribution in [0.2, 0.25) is 5.02 Å². The summed E-state index contributed by atoms with van der Waals surface area (Å²) in [5.74, 6) is -0.770. The minimum Gasteiger partial charge on any atom is -0.347 e. The quantitative estimate of drug-likeness (QED) is 0.201. The summed E-state index contributed by atoms with van der Waals surface area (Å²) in [6.45, 7) is 0.313.